The molecule has 0 aliphatic carbocycles. The maximum absolute atomic E-state index is 11.8. The molecule has 7 nitrogen and oxygen atoms in total. The van der Waals surface area contributed by atoms with Crippen molar-refractivity contribution in [1.82, 2.24) is 5.16 Å². The highest BCUT2D eigenvalue weighted by Gasteiger charge is 2.43. The predicted molar refractivity (Wildman–Crippen MR) is 91.2 cm³/mol. The highest BCUT2D eigenvalue weighted by atomic mass is 16.7. The van der Waals surface area contributed by atoms with Gasteiger partial charge < -0.3 is 23.5 Å². The van der Waals surface area contributed by atoms with Gasteiger partial charge >= 0.3 is 0 Å². The number of methoxy groups -OCH3 is 1. The minimum Gasteiger partial charge on any atom is -0.497 e. The van der Waals surface area contributed by atoms with E-state index in [-0.39, 0.29) is 24.6 Å². The summed E-state index contributed by atoms with van der Waals surface area (Å²) in [7, 11) is 1.64. The largest absolute Gasteiger partial charge is 0.497 e. The summed E-state index contributed by atoms with van der Waals surface area (Å²) in [5.41, 5.74) is 1.72. The number of hydrogen-bond donors (Lipinski definition) is 0. The Morgan fingerprint density at radius 2 is 2.12 bits per heavy atom. The van der Waals surface area contributed by atoms with Crippen LogP contribution >= 0.6 is 0 Å². The second-order valence-corrected chi connectivity index (χ2v) is 6.18. The lowest BCUT2D eigenvalue weighted by Crippen LogP contribution is -2.40. The first-order chi connectivity index (χ1) is 12.7. The van der Waals surface area contributed by atoms with Crippen LogP contribution in [0.4, 0.5) is 0 Å². The SMILES string of the molecule is COc1ccc(/C=C/c2cc(CO[C@H]3CC(=O)[C@@H]4OC[C@H]3O4)on2)cc1. The molecular formula is C19H19NO6. The molecule has 2 bridgehead atoms. The van der Waals surface area contributed by atoms with Crippen LogP contribution in [0.25, 0.3) is 12.2 Å². The van der Waals surface area contributed by atoms with Gasteiger partial charge in [0.25, 0.3) is 0 Å². The van der Waals surface area contributed by atoms with Crippen molar-refractivity contribution in [2.24, 2.45) is 0 Å². The van der Waals surface area contributed by atoms with E-state index in [1.54, 1.807) is 13.2 Å². The monoisotopic (exact) mass is 357 g/mol. The second kappa shape index (κ2) is 7.41. The standard InChI is InChI=1S/C19H19NO6/c1-22-14-6-3-12(4-7-14)2-5-13-8-15(26-20-13)10-23-17-9-16(21)19-24-11-18(17)25-19/h2-8,17-19H,9-11H2,1H3/b5-2+/t17-,18+,19+/m0/s1. The summed E-state index contributed by atoms with van der Waals surface area (Å²) in [4.78, 5) is 11.8. The number of Topliss-reactive ketones (excluding diaryl/α,β-unsaturated/α-hetero) is 1. The number of benzene rings is 1. The summed E-state index contributed by atoms with van der Waals surface area (Å²) in [6, 6.07) is 9.51. The number of nitrogens with zero attached hydrogens (tertiary/aromatic N) is 1. The molecule has 2 aliphatic heterocycles. The van der Waals surface area contributed by atoms with Gasteiger partial charge in [-0.2, -0.15) is 0 Å². The van der Waals surface area contributed by atoms with Crippen molar-refractivity contribution in [2.75, 3.05) is 13.7 Å². The summed E-state index contributed by atoms with van der Waals surface area (Å²) in [5, 5.41) is 4.00. The second-order valence-electron chi connectivity index (χ2n) is 6.18. The van der Waals surface area contributed by atoms with Gasteiger partial charge in [-0.3, -0.25) is 4.79 Å². The lowest BCUT2D eigenvalue weighted by atomic mass is 10.1. The Bertz CT molecular complexity index is 797. The van der Waals surface area contributed by atoms with Gasteiger partial charge in [-0.15, -0.1) is 0 Å². The molecule has 0 amide bonds. The maximum Gasteiger partial charge on any atom is 0.218 e. The smallest absolute Gasteiger partial charge is 0.218 e. The van der Waals surface area contributed by atoms with Gasteiger partial charge in [-0.05, 0) is 23.8 Å². The Hall–Kier alpha value is -2.48. The van der Waals surface area contributed by atoms with Gasteiger partial charge in [-0.25, -0.2) is 0 Å². The van der Waals surface area contributed by atoms with Gasteiger partial charge in [0, 0.05) is 12.5 Å². The molecule has 2 fully saturated rings. The van der Waals surface area contributed by atoms with E-state index in [9.17, 15) is 4.79 Å². The van der Waals surface area contributed by atoms with Crippen molar-refractivity contribution < 1.29 is 28.3 Å². The van der Waals surface area contributed by atoms with Gasteiger partial charge in [0.05, 0.1) is 19.8 Å². The highest BCUT2D eigenvalue weighted by Crippen LogP contribution is 2.27. The maximum atomic E-state index is 11.8. The first-order valence-electron chi connectivity index (χ1n) is 8.40. The fourth-order valence-electron chi connectivity index (χ4n) is 2.94. The van der Waals surface area contributed by atoms with Crippen LogP contribution in [0, 0.1) is 0 Å². The molecule has 4 rings (SSSR count). The number of fused-ring (bicyclic) bond motifs is 2. The first kappa shape index (κ1) is 17.0. The number of rotatable bonds is 6. The molecule has 3 heterocycles. The zero-order valence-corrected chi connectivity index (χ0v) is 14.3. The number of hydrogen-bond acceptors (Lipinski definition) is 7. The molecule has 2 aromatic rings. The Morgan fingerprint density at radius 1 is 1.27 bits per heavy atom. The summed E-state index contributed by atoms with van der Waals surface area (Å²) in [6.45, 7) is 0.610. The molecule has 2 aliphatic rings. The lowest BCUT2D eigenvalue weighted by molar-refractivity contribution is -0.168. The molecule has 1 aromatic heterocycles. The van der Waals surface area contributed by atoms with E-state index in [1.807, 2.05) is 36.4 Å². The fourth-order valence-corrected chi connectivity index (χ4v) is 2.94. The van der Waals surface area contributed by atoms with E-state index in [4.69, 9.17) is 23.5 Å². The normalized spacial score (nSPS) is 25.1. The molecule has 0 spiro atoms. The molecule has 136 valence electrons. The van der Waals surface area contributed by atoms with Crippen LogP contribution in [0.3, 0.4) is 0 Å². The Labute approximate surface area is 150 Å². The molecule has 3 atom stereocenters. The van der Waals surface area contributed by atoms with Crippen LogP contribution in [0.15, 0.2) is 34.9 Å². The average molecular weight is 357 g/mol. The molecule has 26 heavy (non-hydrogen) atoms. The summed E-state index contributed by atoms with van der Waals surface area (Å²) in [5.74, 6) is 1.32. The Morgan fingerprint density at radius 3 is 2.92 bits per heavy atom. The molecule has 1 aromatic carbocycles. The Balaban J connectivity index is 1.32. The van der Waals surface area contributed by atoms with Crippen molar-refractivity contribution in [2.45, 2.75) is 31.5 Å². The van der Waals surface area contributed by atoms with Crippen LogP contribution in [-0.4, -0.2) is 43.2 Å². The summed E-state index contributed by atoms with van der Waals surface area (Å²) < 4.78 is 26.9. The van der Waals surface area contributed by atoms with Gasteiger partial charge in [0.15, 0.2) is 11.5 Å². The number of ether oxygens (including phenoxy) is 4. The zero-order chi connectivity index (χ0) is 17.9. The van der Waals surface area contributed by atoms with E-state index in [2.05, 4.69) is 5.16 Å². The number of aromatic nitrogens is 1. The minimum atomic E-state index is -0.708. The molecule has 0 saturated carbocycles. The van der Waals surface area contributed by atoms with E-state index in [0.29, 0.717) is 24.5 Å². The molecule has 2 saturated heterocycles. The third kappa shape index (κ3) is 3.70. The van der Waals surface area contributed by atoms with Gasteiger partial charge in [0.2, 0.25) is 6.29 Å². The van der Waals surface area contributed by atoms with Crippen LogP contribution in [0.1, 0.15) is 23.4 Å². The van der Waals surface area contributed by atoms with Crippen molar-refractivity contribution in [1.29, 1.82) is 0 Å². The topological polar surface area (TPSA) is 80.0 Å². The Kier molecular flexibility index (Phi) is 4.83. The summed E-state index contributed by atoms with van der Waals surface area (Å²) >= 11 is 0. The summed E-state index contributed by atoms with van der Waals surface area (Å²) in [6.07, 6.45) is 2.87. The zero-order valence-electron chi connectivity index (χ0n) is 14.3. The van der Waals surface area contributed by atoms with Crippen molar-refractivity contribution >= 4 is 17.9 Å². The lowest BCUT2D eigenvalue weighted by Gasteiger charge is -2.25. The molecule has 0 unspecified atom stereocenters. The average Bonchev–Trinajstić information content (AvgIpc) is 3.30. The van der Waals surface area contributed by atoms with Crippen LogP contribution < -0.4 is 4.74 Å². The van der Waals surface area contributed by atoms with Crippen molar-refractivity contribution in [3.8, 4) is 5.75 Å². The fraction of sp³-hybridized carbons (Fsp3) is 0.368. The van der Waals surface area contributed by atoms with Gasteiger partial charge in [0.1, 0.15) is 24.2 Å². The van der Waals surface area contributed by atoms with Crippen LogP contribution in [0.2, 0.25) is 0 Å². The predicted octanol–water partition coefficient (Wildman–Crippen LogP) is 2.45. The van der Waals surface area contributed by atoms with Crippen LogP contribution in [-0.2, 0) is 25.6 Å². The highest BCUT2D eigenvalue weighted by molar-refractivity contribution is 5.83. The minimum absolute atomic E-state index is 0.0792. The number of carbonyl (C=O) groups excluding carboxylic acids is 1. The third-order valence-corrected chi connectivity index (χ3v) is 4.37. The quantitative estimate of drug-likeness (QED) is 0.785. The van der Waals surface area contributed by atoms with Crippen molar-refractivity contribution in [3.05, 3.63) is 47.3 Å². The van der Waals surface area contributed by atoms with E-state index in [0.717, 1.165) is 11.3 Å². The van der Waals surface area contributed by atoms with Crippen molar-refractivity contribution in [3.63, 3.8) is 0 Å². The van der Waals surface area contributed by atoms with E-state index < -0.39 is 6.29 Å². The number of carbonyl (C=O) groups is 1. The van der Waals surface area contributed by atoms with Crippen LogP contribution in [0.5, 0.6) is 5.75 Å². The molecular weight excluding hydrogens is 338 g/mol. The first-order valence-corrected chi connectivity index (χ1v) is 8.40. The van der Waals surface area contributed by atoms with Gasteiger partial charge in [-0.1, -0.05) is 23.4 Å². The molecule has 7 heteroatoms. The number of ketones is 1. The molecule has 0 radical (unpaired) electrons. The molecule has 0 N–H and O–H groups in total. The van der Waals surface area contributed by atoms with E-state index in [1.165, 1.54) is 0 Å². The third-order valence-electron chi connectivity index (χ3n) is 4.37. The van der Waals surface area contributed by atoms with E-state index >= 15 is 0 Å².